The van der Waals surface area contributed by atoms with Gasteiger partial charge in [-0.3, -0.25) is 4.18 Å². The van der Waals surface area contributed by atoms with Crippen LogP contribution in [-0.4, -0.2) is 16.1 Å². The molecule has 1 aromatic carbocycles. The molecule has 0 aliphatic rings. The van der Waals surface area contributed by atoms with Crippen molar-refractivity contribution in [2.45, 2.75) is 4.90 Å². The number of alkyl halides is 1. The summed E-state index contributed by atoms with van der Waals surface area (Å²) in [6, 6.07) is 9.12. The van der Waals surface area contributed by atoms with Crippen LogP contribution in [0, 0.1) is 0 Å². The Bertz CT molecular complexity index is 250. The van der Waals surface area contributed by atoms with Crippen LogP contribution in [0.1, 0.15) is 0 Å². The van der Waals surface area contributed by atoms with Gasteiger partial charge in [-0.1, -0.05) is 34.1 Å². The largest absolute Gasteiger partial charge is 0.286 e. The fourth-order valence-corrected chi connectivity index (χ4v) is 1.83. The zero-order valence-corrected chi connectivity index (χ0v) is 8.81. The molecule has 0 fully saturated rings. The quantitative estimate of drug-likeness (QED) is 0.764. The van der Waals surface area contributed by atoms with Gasteiger partial charge in [-0.2, -0.15) is 0 Å². The summed E-state index contributed by atoms with van der Waals surface area (Å²) in [4.78, 5) is 0.707. The summed E-state index contributed by atoms with van der Waals surface area (Å²) in [6.07, 6.45) is 0. The molecule has 0 aromatic heterocycles. The second-order valence-electron chi connectivity index (χ2n) is 2.06. The lowest BCUT2D eigenvalue weighted by atomic mass is 10.4. The highest BCUT2D eigenvalue weighted by atomic mass is 79.9. The van der Waals surface area contributed by atoms with Gasteiger partial charge in [0.25, 0.3) is 0 Å². The van der Waals surface area contributed by atoms with E-state index in [0.29, 0.717) is 16.8 Å². The second kappa shape index (κ2) is 5.45. The van der Waals surface area contributed by atoms with Crippen LogP contribution in [0.2, 0.25) is 0 Å². The Morgan fingerprint density at radius 1 is 1.33 bits per heavy atom. The van der Waals surface area contributed by atoms with Crippen LogP contribution in [0.5, 0.6) is 0 Å². The number of hydrogen-bond acceptors (Lipinski definition) is 2. The SMILES string of the molecule is O=S(OCCBr)c1ccccc1. The summed E-state index contributed by atoms with van der Waals surface area (Å²) < 4.78 is 16.3. The summed E-state index contributed by atoms with van der Waals surface area (Å²) in [5.74, 6) is 0. The minimum atomic E-state index is -1.31. The predicted octanol–water partition coefficient (Wildman–Crippen LogP) is 2.12. The minimum absolute atomic E-state index is 0.460. The first-order valence-corrected chi connectivity index (χ1v) is 5.70. The van der Waals surface area contributed by atoms with Crippen molar-refractivity contribution in [3.8, 4) is 0 Å². The molecule has 66 valence electrons. The molecule has 1 aromatic rings. The maximum Gasteiger partial charge on any atom is 0.189 e. The first-order chi connectivity index (χ1) is 5.84. The highest BCUT2D eigenvalue weighted by Gasteiger charge is 2.01. The molecule has 1 rings (SSSR count). The second-order valence-corrected chi connectivity index (χ2v) is 4.03. The van der Waals surface area contributed by atoms with E-state index in [1.54, 1.807) is 12.1 Å². The van der Waals surface area contributed by atoms with Crippen LogP contribution in [0.4, 0.5) is 0 Å². The lowest BCUT2D eigenvalue weighted by Gasteiger charge is -1.99. The molecule has 12 heavy (non-hydrogen) atoms. The summed E-state index contributed by atoms with van der Waals surface area (Å²) in [6.45, 7) is 0.460. The first kappa shape index (κ1) is 9.89. The summed E-state index contributed by atoms with van der Waals surface area (Å²) in [5, 5.41) is 0.700. The van der Waals surface area contributed by atoms with Crippen molar-refractivity contribution < 1.29 is 8.39 Å². The highest BCUT2D eigenvalue weighted by Crippen LogP contribution is 2.06. The van der Waals surface area contributed by atoms with Gasteiger partial charge in [0.1, 0.15) is 0 Å². The molecule has 0 saturated carbocycles. The van der Waals surface area contributed by atoms with Crippen molar-refractivity contribution in [1.82, 2.24) is 0 Å². The van der Waals surface area contributed by atoms with E-state index in [0.717, 1.165) is 0 Å². The van der Waals surface area contributed by atoms with Gasteiger partial charge in [0.15, 0.2) is 11.1 Å². The number of hydrogen-bond donors (Lipinski definition) is 0. The van der Waals surface area contributed by atoms with Gasteiger partial charge in [-0.05, 0) is 12.1 Å². The van der Waals surface area contributed by atoms with E-state index in [9.17, 15) is 4.21 Å². The average molecular weight is 249 g/mol. The van der Waals surface area contributed by atoms with E-state index in [1.807, 2.05) is 18.2 Å². The zero-order valence-electron chi connectivity index (χ0n) is 6.40. The van der Waals surface area contributed by atoms with Gasteiger partial charge >= 0.3 is 0 Å². The first-order valence-electron chi connectivity index (χ1n) is 3.50. The smallest absolute Gasteiger partial charge is 0.189 e. The molecule has 2 nitrogen and oxygen atoms in total. The zero-order chi connectivity index (χ0) is 8.81. The molecule has 1 atom stereocenters. The average Bonchev–Trinajstić information content (AvgIpc) is 2.15. The van der Waals surface area contributed by atoms with Crippen molar-refractivity contribution in [3.63, 3.8) is 0 Å². The third kappa shape index (κ3) is 3.05. The van der Waals surface area contributed by atoms with E-state index in [4.69, 9.17) is 4.18 Å². The normalized spacial score (nSPS) is 12.8. The van der Waals surface area contributed by atoms with Crippen LogP contribution in [0.15, 0.2) is 35.2 Å². The van der Waals surface area contributed by atoms with E-state index < -0.39 is 11.1 Å². The summed E-state index contributed by atoms with van der Waals surface area (Å²) in [5.41, 5.74) is 0. The standard InChI is InChI=1S/C8H9BrO2S/c9-6-7-11-12(10)8-4-2-1-3-5-8/h1-5H,6-7H2. The fourth-order valence-electron chi connectivity index (χ4n) is 0.707. The maximum atomic E-state index is 11.3. The van der Waals surface area contributed by atoms with Gasteiger partial charge < -0.3 is 0 Å². The van der Waals surface area contributed by atoms with Crippen LogP contribution in [0.3, 0.4) is 0 Å². The molecular weight excluding hydrogens is 240 g/mol. The van der Waals surface area contributed by atoms with E-state index in [-0.39, 0.29) is 0 Å². The number of halogens is 1. The van der Waals surface area contributed by atoms with Crippen molar-refractivity contribution in [1.29, 1.82) is 0 Å². The molecule has 0 heterocycles. The lowest BCUT2D eigenvalue weighted by Crippen LogP contribution is -1.99. The van der Waals surface area contributed by atoms with Gasteiger partial charge in [-0.15, -0.1) is 0 Å². The minimum Gasteiger partial charge on any atom is -0.286 e. The Labute approximate surface area is 82.7 Å². The van der Waals surface area contributed by atoms with Crippen LogP contribution < -0.4 is 0 Å². The molecule has 0 aliphatic heterocycles. The number of rotatable bonds is 4. The molecular formula is C8H9BrO2S. The monoisotopic (exact) mass is 248 g/mol. The molecule has 0 saturated heterocycles. The molecule has 0 spiro atoms. The van der Waals surface area contributed by atoms with Crippen molar-refractivity contribution in [2.24, 2.45) is 0 Å². The Morgan fingerprint density at radius 3 is 2.58 bits per heavy atom. The van der Waals surface area contributed by atoms with E-state index in [1.165, 1.54) is 0 Å². The van der Waals surface area contributed by atoms with E-state index in [2.05, 4.69) is 15.9 Å². The molecule has 4 heteroatoms. The maximum absolute atomic E-state index is 11.3. The van der Waals surface area contributed by atoms with Crippen molar-refractivity contribution >= 4 is 27.0 Å². The van der Waals surface area contributed by atoms with Gasteiger partial charge in [0, 0.05) is 5.33 Å². The van der Waals surface area contributed by atoms with Crippen molar-refractivity contribution in [2.75, 3.05) is 11.9 Å². The molecule has 0 aliphatic carbocycles. The molecule has 1 unspecified atom stereocenters. The number of benzene rings is 1. The van der Waals surface area contributed by atoms with Gasteiger partial charge in [-0.25, -0.2) is 4.21 Å². The Balaban J connectivity index is 2.54. The van der Waals surface area contributed by atoms with Crippen LogP contribution >= 0.6 is 15.9 Å². The van der Waals surface area contributed by atoms with Crippen LogP contribution in [-0.2, 0) is 15.3 Å². The van der Waals surface area contributed by atoms with Gasteiger partial charge in [0.05, 0.1) is 11.5 Å². The Hall–Kier alpha value is -0.190. The third-order valence-electron chi connectivity index (χ3n) is 1.20. The fraction of sp³-hybridized carbons (Fsp3) is 0.250. The highest BCUT2D eigenvalue weighted by molar-refractivity contribution is 9.09. The third-order valence-corrected chi connectivity index (χ3v) is 2.56. The van der Waals surface area contributed by atoms with Gasteiger partial charge in [0.2, 0.25) is 0 Å². The Kier molecular flexibility index (Phi) is 4.50. The van der Waals surface area contributed by atoms with Crippen LogP contribution in [0.25, 0.3) is 0 Å². The lowest BCUT2D eigenvalue weighted by molar-refractivity contribution is 0.376. The van der Waals surface area contributed by atoms with Crippen molar-refractivity contribution in [3.05, 3.63) is 30.3 Å². The summed E-state index contributed by atoms with van der Waals surface area (Å²) >= 11 is 1.88. The van der Waals surface area contributed by atoms with E-state index >= 15 is 0 Å². The topological polar surface area (TPSA) is 26.3 Å². The molecule has 0 N–H and O–H groups in total. The molecule has 0 radical (unpaired) electrons. The summed E-state index contributed by atoms with van der Waals surface area (Å²) in [7, 11) is 0. The predicted molar refractivity (Wildman–Crippen MR) is 52.6 cm³/mol. The molecule has 0 bridgehead atoms. The molecule has 0 amide bonds. The Morgan fingerprint density at radius 2 is 2.00 bits per heavy atom.